The van der Waals surface area contributed by atoms with E-state index in [0.29, 0.717) is 0 Å². The van der Waals surface area contributed by atoms with E-state index in [1.807, 2.05) is 0 Å². The molecule has 1 saturated carbocycles. The molecule has 1 aliphatic carbocycles. The zero-order valence-electron chi connectivity index (χ0n) is 13.8. The Morgan fingerprint density at radius 1 is 0.950 bits per heavy atom. The van der Waals surface area contributed by atoms with Gasteiger partial charge in [-0.1, -0.05) is 26.7 Å². The van der Waals surface area contributed by atoms with Crippen LogP contribution in [0, 0.1) is 5.41 Å². The van der Waals surface area contributed by atoms with Crippen molar-refractivity contribution in [2.24, 2.45) is 5.41 Å². The molecule has 3 heteroatoms. The highest BCUT2D eigenvalue weighted by Crippen LogP contribution is 2.45. The SMILES string of the molecule is CCN(CC)CCNCCN1CCC2(CCCC2)CC1. The second kappa shape index (κ2) is 8.35. The van der Waals surface area contributed by atoms with Crippen molar-refractivity contribution in [3.8, 4) is 0 Å². The van der Waals surface area contributed by atoms with Crippen LogP contribution in [0.4, 0.5) is 0 Å². The predicted molar refractivity (Wildman–Crippen MR) is 87.2 cm³/mol. The molecule has 118 valence electrons. The number of nitrogens with one attached hydrogen (secondary N) is 1. The van der Waals surface area contributed by atoms with Gasteiger partial charge in [0.2, 0.25) is 0 Å². The van der Waals surface area contributed by atoms with E-state index < -0.39 is 0 Å². The van der Waals surface area contributed by atoms with Crippen LogP contribution in [-0.2, 0) is 0 Å². The summed E-state index contributed by atoms with van der Waals surface area (Å²) >= 11 is 0. The summed E-state index contributed by atoms with van der Waals surface area (Å²) < 4.78 is 0. The third-order valence-corrected chi connectivity index (χ3v) is 5.68. The Morgan fingerprint density at radius 2 is 1.60 bits per heavy atom. The number of nitrogens with zero attached hydrogens (tertiary/aromatic N) is 2. The maximum atomic E-state index is 3.61. The molecule has 0 atom stereocenters. The lowest BCUT2D eigenvalue weighted by Gasteiger charge is -2.39. The Morgan fingerprint density at radius 3 is 2.20 bits per heavy atom. The highest BCUT2D eigenvalue weighted by Gasteiger charge is 2.36. The average molecular weight is 281 g/mol. The van der Waals surface area contributed by atoms with Gasteiger partial charge in [-0.3, -0.25) is 0 Å². The van der Waals surface area contributed by atoms with Gasteiger partial charge < -0.3 is 15.1 Å². The zero-order chi connectivity index (χ0) is 14.3. The number of rotatable bonds is 8. The van der Waals surface area contributed by atoms with E-state index in [1.165, 1.54) is 77.8 Å². The molecule has 1 heterocycles. The summed E-state index contributed by atoms with van der Waals surface area (Å²) in [5.41, 5.74) is 0.771. The highest BCUT2D eigenvalue weighted by molar-refractivity contribution is 4.89. The third-order valence-electron chi connectivity index (χ3n) is 5.68. The summed E-state index contributed by atoms with van der Waals surface area (Å²) in [6.07, 6.45) is 8.95. The molecule has 1 saturated heterocycles. The summed E-state index contributed by atoms with van der Waals surface area (Å²) in [6.45, 7) is 14.3. The molecule has 2 aliphatic rings. The number of hydrogen-bond acceptors (Lipinski definition) is 3. The van der Waals surface area contributed by atoms with Gasteiger partial charge in [-0.15, -0.1) is 0 Å². The molecule has 1 spiro atoms. The van der Waals surface area contributed by atoms with Gasteiger partial charge in [0.25, 0.3) is 0 Å². The van der Waals surface area contributed by atoms with Crippen LogP contribution in [-0.4, -0.2) is 62.2 Å². The van der Waals surface area contributed by atoms with Crippen molar-refractivity contribution in [1.29, 1.82) is 0 Å². The topological polar surface area (TPSA) is 18.5 Å². The molecular formula is C17H35N3. The number of piperidine rings is 1. The summed E-state index contributed by atoms with van der Waals surface area (Å²) in [6, 6.07) is 0. The maximum absolute atomic E-state index is 3.61. The van der Waals surface area contributed by atoms with E-state index in [9.17, 15) is 0 Å². The largest absolute Gasteiger partial charge is 0.314 e. The molecule has 0 unspecified atom stereocenters. The van der Waals surface area contributed by atoms with Crippen LogP contribution in [0.25, 0.3) is 0 Å². The van der Waals surface area contributed by atoms with Gasteiger partial charge in [-0.25, -0.2) is 0 Å². The monoisotopic (exact) mass is 281 g/mol. The molecule has 3 nitrogen and oxygen atoms in total. The Bertz CT molecular complexity index is 247. The van der Waals surface area contributed by atoms with E-state index in [1.54, 1.807) is 0 Å². The van der Waals surface area contributed by atoms with E-state index in [-0.39, 0.29) is 0 Å². The number of likely N-dealkylation sites (N-methyl/N-ethyl adjacent to an activating group) is 1. The first-order chi connectivity index (χ1) is 9.78. The lowest BCUT2D eigenvalue weighted by atomic mass is 9.77. The van der Waals surface area contributed by atoms with Gasteiger partial charge >= 0.3 is 0 Å². The van der Waals surface area contributed by atoms with Crippen LogP contribution >= 0.6 is 0 Å². The van der Waals surface area contributed by atoms with Crippen LogP contribution in [0.15, 0.2) is 0 Å². The van der Waals surface area contributed by atoms with E-state index in [0.717, 1.165) is 18.5 Å². The molecule has 0 radical (unpaired) electrons. The molecule has 1 aliphatic heterocycles. The average Bonchev–Trinajstić information content (AvgIpc) is 2.93. The fourth-order valence-corrected chi connectivity index (χ4v) is 4.02. The van der Waals surface area contributed by atoms with Crippen molar-refractivity contribution < 1.29 is 0 Å². The van der Waals surface area contributed by atoms with Crippen molar-refractivity contribution in [1.82, 2.24) is 15.1 Å². The molecular weight excluding hydrogens is 246 g/mol. The fourth-order valence-electron chi connectivity index (χ4n) is 4.02. The maximum Gasteiger partial charge on any atom is 0.0107 e. The summed E-state index contributed by atoms with van der Waals surface area (Å²) in [4.78, 5) is 5.16. The van der Waals surface area contributed by atoms with Crippen LogP contribution in [0.1, 0.15) is 52.4 Å². The van der Waals surface area contributed by atoms with E-state index in [4.69, 9.17) is 0 Å². The van der Waals surface area contributed by atoms with Crippen molar-refractivity contribution in [2.45, 2.75) is 52.4 Å². The van der Waals surface area contributed by atoms with Crippen molar-refractivity contribution >= 4 is 0 Å². The van der Waals surface area contributed by atoms with Gasteiger partial charge in [0, 0.05) is 26.2 Å². The Balaban J connectivity index is 1.51. The molecule has 2 rings (SSSR count). The van der Waals surface area contributed by atoms with Gasteiger partial charge in [0.1, 0.15) is 0 Å². The Hall–Kier alpha value is -0.120. The summed E-state index contributed by atoms with van der Waals surface area (Å²) in [7, 11) is 0. The van der Waals surface area contributed by atoms with Crippen molar-refractivity contribution in [3.05, 3.63) is 0 Å². The van der Waals surface area contributed by atoms with Crippen molar-refractivity contribution in [2.75, 3.05) is 52.4 Å². The fraction of sp³-hybridized carbons (Fsp3) is 1.00. The van der Waals surface area contributed by atoms with Crippen molar-refractivity contribution in [3.63, 3.8) is 0 Å². The van der Waals surface area contributed by atoms with Gasteiger partial charge in [0.15, 0.2) is 0 Å². The minimum atomic E-state index is 0.771. The van der Waals surface area contributed by atoms with Gasteiger partial charge in [0.05, 0.1) is 0 Å². The van der Waals surface area contributed by atoms with Crippen LogP contribution in [0.3, 0.4) is 0 Å². The van der Waals surface area contributed by atoms with E-state index in [2.05, 4.69) is 29.0 Å². The lowest BCUT2D eigenvalue weighted by Crippen LogP contribution is -2.42. The molecule has 20 heavy (non-hydrogen) atoms. The lowest BCUT2D eigenvalue weighted by molar-refractivity contribution is 0.109. The van der Waals surface area contributed by atoms with E-state index >= 15 is 0 Å². The smallest absolute Gasteiger partial charge is 0.0107 e. The van der Waals surface area contributed by atoms with Crippen LogP contribution < -0.4 is 5.32 Å². The minimum absolute atomic E-state index is 0.771. The molecule has 2 fully saturated rings. The Kier molecular flexibility index (Phi) is 6.79. The first-order valence-corrected chi connectivity index (χ1v) is 8.93. The minimum Gasteiger partial charge on any atom is -0.314 e. The molecule has 0 aromatic carbocycles. The van der Waals surface area contributed by atoms with Crippen LogP contribution in [0.5, 0.6) is 0 Å². The molecule has 1 N–H and O–H groups in total. The number of likely N-dealkylation sites (tertiary alicyclic amines) is 1. The second-order valence-electron chi connectivity index (χ2n) is 6.83. The first kappa shape index (κ1) is 16.3. The second-order valence-corrected chi connectivity index (χ2v) is 6.83. The highest BCUT2D eigenvalue weighted by atomic mass is 15.2. The molecule has 0 bridgehead atoms. The zero-order valence-corrected chi connectivity index (χ0v) is 13.8. The van der Waals surface area contributed by atoms with Gasteiger partial charge in [-0.05, 0) is 57.3 Å². The first-order valence-electron chi connectivity index (χ1n) is 8.93. The third kappa shape index (κ3) is 4.71. The quantitative estimate of drug-likeness (QED) is 0.690. The molecule has 0 amide bonds. The summed E-state index contributed by atoms with van der Waals surface area (Å²) in [5.74, 6) is 0. The standard InChI is InChI=1S/C17H35N3/c1-3-19(4-2)15-11-18-12-16-20-13-9-17(10-14-20)7-5-6-8-17/h18H,3-16H2,1-2H3. The normalized spacial score (nSPS) is 22.9. The summed E-state index contributed by atoms with van der Waals surface area (Å²) in [5, 5.41) is 3.61. The predicted octanol–water partition coefficient (Wildman–Crippen LogP) is 2.57. The van der Waals surface area contributed by atoms with Crippen LogP contribution in [0.2, 0.25) is 0 Å². The number of hydrogen-bond donors (Lipinski definition) is 1. The Labute approximate surface area is 126 Å². The van der Waals surface area contributed by atoms with Gasteiger partial charge in [-0.2, -0.15) is 0 Å². The molecule has 0 aromatic rings. The molecule has 0 aromatic heterocycles.